The largest absolute Gasteiger partial charge is 0.298 e. The van der Waals surface area contributed by atoms with Crippen LogP contribution in [-0.2, 0) is 0 Å². The predicted molar refractivity (Wildman–Crippen MR) is 42.7 cm³/mol. The van der Waals surface area contributed by atoms with Crippen molar-refractivity contribution in [3.8, 4) is 0 Å². The molecule has 0 atom stereocenters. The van der Waals surface area contributed by atoms with Crippen LogP contribution in [0, 0.1) is 6.92 Å². The minimum absolute atomic E-state index is 0.655. The van der Waals surface area contributed by atoms with E-state index in [4.69, 9.17) is 0 Å². The summed E-state index contributed by atoms with van der Waals surface area (Å²) >= 11 is 0. The van der Waals surface area contributed by atoms with Crippen molar-refractivity contribution in [1.29, 1.82) is 0 Å². The first-order valence-corrected chi connectivity index (χ1v) is 4.42. The highest BCUT2D eigenvalue weighted by Crippen LogP contribution is 2.44. The maximum absolute atomic E-state index is 3.97. The van der Waals surface area contributed by atoms with Crippen LogP contribution in [0.1, 0.15) is 32.1 Å². The quantitative estimate of drug-likeness (QED) is 0.534. The Bertz CT molecular complexity index is 127. The van der Waals surface area contributed by atoms with Gasteiger partial charge in [-0.05, 0) is 52.1 Å². The molecule has 2 fully saturated rings. The zero-order valence-electron chi connectivity index (χ0n) is 6.60. The lowest BCUT2D eigenvalue weighted by atomic mass is 9.75. The SMILES string of the molecule is [CH2]CN1CCCC12CCC2. The standard InChI is InChI=1S/C9H16N/c1-2-10-8-4-7-9(10)5-3-6-9/h1-8H2. The van der Waals surface area contributed by atoms with Crippen LogP contribution in [0.4, 0.5) is 0 Å². The molecule has 0 aromatic rings. The van der Waals surface area contributed by atoms with Gasteiger partial charge in [0.05, 0.1) is 0 Å². The summed E-state index contributed by atoms with van der Waals surface area (Å²) < 4.78 is 0. The predicted octanol–water partition coefficient (Wildman–Crippen LogP) is 1.84. The molecule has 57 valence electrons. The van der Waals surface area contributed by atoms with E-state index < -0.39 is 0 Å². The maximum atomic E-state index is 3.97. The highest BCUT2D eigenvalue weighted by molar-refractivity contribution is 5.01. The van der Waals surface area contributed by atoms with Gasteiger partial charge in [0, 0.05) is 5.54 Å². The molecule has 1 nitrogen and oxygen atoms in total. The summed E-state index contributed by atoms with van der Waals surface area (Å²) in [5.41, 5.74) is 0.655. The molecular weight excluding hydrogens is 122 g/mol. The second-order valence-corrected chi connectivity index (χ2v) is 3.67. The maximum Gasteiger partial charge on any atom is 0.0210 e. The zero-order chi connectivity index (χ0) is 7.03. The summed E-state index contributed by atoms with van der Waals surface area (Å²) in [5, 5.41) is 0. The van der Waals surface area contributed by atoms with Gasteiger partial charge in [-0.1, -0.05) is 0 Å². The second-order valence-electron chi connectivity index (χ2n) is 3.67. The average molecular weight is 138 g/mol. The lowest BCUT2D eigenvalue weighted by molar-refractivity contribution is 0.0661. The summed E-state index contributed by atoms with van der Waals surface area (Å²) in [7, 11) is 0. The number of likely N-dealkylation sites (tertiary alicyclic amines) is 1. The van der Waals surface area contributed by atoms with Crippen molar-refractivity contribution in [3.63, 3.8) is 0 Å². The normalized spacial score (nSPS) is 30.9. The topological polar surface area (TPSA) is 3.24 Å². The minimum atomic E-state index is 0.655. The first kappa shape index (κ1) is 6.66. The molecule has 1 saturated heterocycles. The smallest absolute Gasteiger partial charge is 0.0210 e. The zero-order valence-corrected chi connectivity index (χ0v) is 6.60. The molecule has 10 heavy (non-hydrogen) atoms. The Morgan fingerprint density at radius 2 is 1.90 bits per heavy atom. The first-order valence-electron chi connectivity index (χ1n) is 4.42. The van der Waals surface area contributed by atoms with Gasteiger partial charge >= 0.3 is 0 Å². The van der Waals surface area contributed by atoms with Crippen LogP contribution in [0.25, 0.3) is 0 Å². The third kappa shape index (κ3) is 0.731. The summed E-state index contributed by atoms with van der Waals surface area (Å²) in [5.74, 6) is 0. The Labute approximate surface area is 63.4 Å². The summed E-state index contributed by atoms with van der Waals surface area (Å²) in [4.78, 5) is 2.58. The molecule has 1 heteroatoms. The van der Waals surface area contributed by atoms with Gasteiger partial charge in [0.15, 0.2) is 0 Å². The van der Waals surface area contributed by atoms with Crippen LogP contribution in [0.5, 0.6) is 0 Å². The lowest BCUT2D eigenvalue weighted by Crippen LogP contribution is -2.49. The van der Waals surface area contributed by atoms with E-state index in [1.54, 1.807) is 0 Å². The van der Waals surface area contributed by atoms with Crippen molar-refractivity contribution in [2.24, 2.45) is 0 Å². The third-order valence-electron chi connectivity index (χ3n) is 3.30. The molecule has 1 radical (unpaired) electrons. The fraction of sp³-hybridized carbons (Fsp3) is 0.889. The molecule has 0 aromatic carbocycles. The van der Waals surface area contributed by atoms with Gasteiger partial charge in [0.1, 0.15) is 0 Å². The van der Waals surface area contributed by atoms with E-state index in [-0.39, 0.29) is 0 Å². The number of nitrogens with zero attached hydrogens (tertiary/aromatic N) is 1. The highest BCUT2D eigenvalue weighted by Gasteiger charge is 2.44. The van der Waals surface area contributed by atoms with E-state index in [1.165, 1.54) is 38.6 Å². The third-order valence-corrected chi connectivity index (χ3v) is 3.30. The molecule has 1 aliphatic heterocycles. The van der Waals surface area contributed by atoms with E-state index in [9.17, 15) is 0 Å². The van der Waals surface area contributed by atoms with Crippen LogP contribution in [0.15, 0.2) is 0 Å². The minimum Gasteiger partial charge on any atom is -0.298 e. The fourth-order valence-corrected chi connectivity index (χ4v) is 2.49. The van der Waals surface area contributed by atoms with Gasteiger partial charge < -0.3 is 0 Å². The van der Waals surface area contributed by atoms with Crippen molar-refractivity contribution >= 4 is 0 Å². The lowest BCUT2D eigenvalue weighted by Gasteiger charge is -2.45. The van der Waals surface area contributed by atoms with Crippen LogP contribution in [0.2, 0.25) is 0 Å². The number of hydrogen-bond donors (Lipinski definition) is 0. The van der Waals surface area contributed by atoms with E-state index in [1.807, 2.05) is 0 Å². The van der Waals surface area contributed by atoms with Crippen molar-refractivity contribution in [2.45, 2.75) is 37.6 Å². The van der Waals surface area contributed by atoms with E-state index >= 15 is 0 Å². The fourth-order valence-electron chi connectivity index (χ4n) is 2.49. The Morgan fingerprint density at radius 1 is 1.20 bits per heavy atom. The van der Waals surface area contributed by atoms with Gasteiger partial charge in [0.2, 0.25) is 0 Å². The molecule has 0 aromatic heterocycles. The van der Waals surface area contributed by atoms with Crippen LogP contribution >= 0.6 is 0 Å². The Kier molecular flexibility index (Phi) is 1.48. The van der Waals surface area contributed by atoms with Gasteiger partial charge in [0.25, 0.3) is 0 Å². The van der Waals surface area contributed by atoms with Gasteiger partial charge in [-0.2, -0.15) is 0 Å². The second kappa shape index (κ2) is 2.23. The molecular formula is C9H16N. The molecule has 0 amide bonds. The molecule has 1 saturated carbocycles. The molecule has 0 bridgehead atoms. The van der Waals surface area contributed by atoms with Crippen molar-refractivity contribution in [1.82, 2.24) is 4.90 Å². The number of rotatable bonds is 1. The Morgan fingerprint density at radius 3 is 2.30 bits per heavy atom. The summed E-state index contributed by atoms with van der Waals surface area (Å²) in [6, 6.07) is 0. The van der Waals surface area contributed by atoms with Crippen molar-refractivity contribution in [3.05, 3.63) is 6.92 Å². The Hall–Kier alpha value is -0.0400. The molecule has 2 aliphatic rings. The molecule has 0 unspecified atom stereocenters. The average Bonchev–Trinajstić information content (AvgIpc) is 2.27. The summed E-state index contributed by atoms with van der Waals surface area (Å²) in [6.45, 7) is 6.31. The monoisotopic (exact) mass is 138 g/mol. The van der Waals surface area contributed by atoms with Crippen LogP contribution < -0.4 is 0 Å². The Balaban J connectivity index is 2.05. The van der Waals surface area contributed by atoms with Gasteiger partial charge in [-0.15, -0.1) is 0 Å². The van der Waals surface area contributed by atoms with E-state index in [2.05, 4.69) is 11.8 Å². The summed E-state index contributed by atoms with van der Waals surface area (Å²) in [6.07, 6.45) is 7.21. The molecule has 1 heterocycles. The first-order chi connectivity index (χ1) is 4.87. The molecule has 1 spiro atoms. The van der Waals surface area contributed by atoms with Gasteiger partial charge in [-0.25, -0.2) is 0 Å². The van der Waals surface area contributed by atoms with Crippen LogP contribution in [-0.4, -0.2) is 23.5 Å². The van der Waals surface area contributed by atoms with Crippen molar-refractivity contribution in [2.75, 3.05) is 13.1 Å². The van der Waals surface area contributed by atoms with E-state index in [0.29, 0.717) is 5.54 Å². The molecule has 2 rings (SSSR count). The van der Waals surface area contributed by atoms with Crippen molar-refractivity contribution < 1.29 is 0 Å². The molecule has 1 aliphatic carbocycles. The van der Waals surface area contributed by atoms with Crippen LogP contribution in [0.3, 0.4) is 0 Å². The van der Waals surface area contributed by atoms with Gasteiger partial charge in [-0.3, -0.25) is 4.90 Å². The molecule has 0 N–H and O–H groups in total. The number of hydrogen-bond acceptors (Lipinski definition) is 1. The van der Waals surface area contributed by atoms with E-state index in [0.717, 1.165) is 6.54 Å². The highest BCUT2D eigenvalue weighted by atomic mass is 15.2.